The fraction of sp³-hybridized carbons (Fsp3) is 0.636. The summed E-state index contributed by atoms with van der Waals surface area (Å²) in [5.74, 6) is 0. The topological polar surface area (TPSA) is 24.7 Å². The van der Waals surface area contributed by atoms with Crippen LogP contribution in [0, 0.1) is 5.41 Å². The summed E-state index contributed by atoms with van der Waals surface area (Å²) in [6.07, 6.45) is 2.83. The van der Waals surface area contributed by atoms with Gasteiger partial charge in [-0.3, -0.25) is 9.98 Å². The van der Waals surface area contributed by atoms with Crippen LogP contribution < -0.4 is 0 Å². The first-order valence-corrected chi connectivity index (χ1v) is 5.27. The summed E-state index contributed by atoms with van der Waals surface area (Å²) in [6.45, 7) is 11.9. The van der Waals surface area contributed by atoms with E-state index in [4.69, 9.17) is 11.6 Å². The molecule has 14 heavy (non-hydrogen) atoms. The van der Waals surface area contributed by atoms with Crippen LogP contribution >= 0.6 is 11.6 Å². The normalized spacial score (nSPS) is 14.4. The van der Waals surface area contributed by atoms with Gasteiger partial charge in [0.25, 0.3) is 0 Å². The van der Waals surface area contributed by atoms with Crippen molar-refractivity contribution in [3.05, 3.63) is 11.8 Å². The number of aliphatic imine (C=N–C) groups is 2. The van der Waals surface area contributed by atoms with Gasteiger partial charge >= 0.3 is 0 Å². The third-order valence-corrected chi connectivity index (χ3v) is 1.99. The molecule has 0 saturated carbocycles. The molecule has 0 rings (SSSR count). The number of rotatable bonds is 4. The molecule has 0 amide bonds. The quantitative estimate of drug-likeness (QED) is 0.388. The molecule has 0 aliphatic heterocycles. The number of nitrogens with zero attached hydrogens (tertiary/aromatic N) is 2. The van der Waals surface area contributed by atoms with Gasteiger partial charge in [0.05, 0.1) is 0 Å². The molecule has 0 unspecified atom stereocenters. The first-order chi connectivity index (χ1) is 6.45. The highest BCUT2D eigenvalue weighted by Gasteiger charge is 2.15. The van der Waals surface area contributed by atoms with Crippen LogP contribution in [0.5, 0.6) is 0 Å². The standard InChI is InChI=1S/C11H19ClN2/c1-6-9(14-8-12)7-10(13-5)11(2,3)4/h7H,5-6,8H2,1-4H3/b10-7-,14-9?. The second-order valence-electron chi connectivity index (χ2n) is 4.06. The van der Waals surface area contributed by atoms with E-state index in [0.29, 0.717) is 6.00 Å². The Labute approximate surface area is 91.8 Å². The molecule has 0 aliphatic rings. The molecule has 0 heterocycles. The summed E-state index contributed by atoms with van der Waals surface area (Å²) in [5, 5.41) is 0. The van der Waals surface area contributed by atoms with Crippen molar-refractivity contribution >= 4 is 24.0 Å². The maximum absolute atomic E-state index is 5.55. The lowest BCUT2D eigenvalue weighted by molar-refractivity contribution is 0.500. The molecule has 0 bridgehead atoms. The lowest BCUT2D eigenvalue weighted by atomic mass is 9.91. The molecule has 0 aromatic carbocycles. The van der Waals surface area contributed by atoms with Crippen molar-refractivity contribution in [2.24, 2.45) is 15.4 Å². The van der Waals surface area contributed by atoms with E-state index >= 15 is 0 Å². The average molecular weight is 215 g/mol. The van der Waals surface area contributed by atoms with Crippen LogP contribution in [0.1, 0.15) is 34.1 Å². The van der Waals surface area contributed by atoms with E-state index in [9.17, 15) is 0 Å². The summed E-state index contributed by atoms with van der Waals surface area (Å²) in [4.78, 5) is 8.18. The summed E-state index contributed by atoms with van der Waals surface area (Å²) in [5.41, 5.74) is 1.92. The third-order valence-electron chi connectivity index (χ3n) is 1.87. The average Bonchev–Trinajstić information content (AvgIpc) is 2.10. The zero-order chi connectivity index (χ0) is 11.2. The molecule has 0 atom stereocenters. The van der Waals surface area contributed by atoms with Crippen molar-refractivity contribution in [3.63, 3.8) is 0 Å². The van der Waals surface area contributed by atoms with Gasteiger partial charge in [0, 0.05) is 16.8 Å². The summed E-state index contributed by atoms with van der Waals surface area (Å²) in [7, 11) is 0. The molecule has 0 aromatic rings. The molecule has 3 heteroatoms. The van der Waals surface area contributed by atoms with Gasteiger partial charge in [-0.25, -0.2) is 0 Å². The molecule has 0 radical (unpaired) electrons. The minimum Gasteiger partial charge on any atom is -0.274 e. The van der Waals surface area contributed by atoms with Crippen LogP contribution in [-0.2, 0) is 0 Å². The molecule has 0 fully saturated rings. The molecule has 80 valence electrons. The van der Waals surface area contributed by atoms with E-state index < -0.39 is 0 Å². The summed E-state index contributed by atoms with van der Waals surface area (Å²) < 4.78 is 0. The van der Waals surface area contributed by atoms with Gasteiger partial charge in [-0.05, 0) is 19.2 Å². The smallest absolute Gasteiger partial charge is 0.113 e. The van der Waals surface area contributed by atoms with Crippen molar-refractivity contribution < 1.29 is 0 Å². The van der Waals surface area contributed by atoms with Crippen LogP contribution in [0.3, 0.4) is 0 Å². The highest BCUT2D eigenvalue weighted by Crippen LogP contribution is 2.25. The van der Waals surface area contributed by atoms with Crippen LogP contribution in [0.4, 0.5) is 0 Å². The summed E-state index contributed by atoms with van der Waals surface area (Å²) >= 11 is 5.55. The van der Waals surface area contributed by atoms with E-state index in [0.717, 1.165) is 17.8 Å². The van der Waals surface area contributed by atoms with Gasteiger partial charge in [0.1, 0.15) is 6.00 Å². The number of hydrogen-bond donors (Lipinski definition) is 0. The van der Waals surface area contributed by atoms with Crippen molar-refractivity contribution in [1.29, 1.82) is 0 Å². The SMILES string of the molecule is C=N/C(=C\C(CC)=NCCl)C(C)(C)C. The predicted octanol–water partition coefficient (Wildman–Crippen LogP) is 3.66. The van der Waals surface area contributed by atoms with Crippen molar-refractivity contribution in [2.75, 3.05) is 6.00 Å². The van der Waals surface area contributed by atoms with Crippen LogP contribution in [-0.4, -0.2) is 18.4 Å². The van der Waals surface area contributed by atoms with E-state index in [1.165, 1.54) is 0 Å². The van der Waals surface area contributed by atoms with Gasteiger partial charge in [-0.2, -0.15) is 0 Å². The minimum atomic E-state index is 0.00397. The molecule has 0 spiro atoms. The molecule has 0 saturated heterocycles. The Bertz CT molecular complexity index is 247. The second kappa shape index (κ2) is 5.97. The molecule has 0 aliphatic carbocycles. The molecule has 0 aromatic heterocycles. The van der Waals surface area contributed by atoms with E-state index in [-0.39, 0.29) is 5.41 Å². The maximum Gasteiger partial charge on any atom is 0.113 e. The lowest BCUT2D eigenvalue weighted by Gasteiger charge is -2.18. The monoisotopic (exact) mass is 214 g/mol. The zero-order valence-electron chi connectivity index (χ0n) is 9.47. The van der Waals surface area contributed by atoms with Crippen LogP contribution in [0.25, 0.3) is 0 Å². The Kier molecular flexibility index (Phi) is 5.70. The number of allylic oxidation sites excluding steroid dienone is 2. The van der Waals surface area contributed by atoms with Crippen molar-refractivity contribution in [2.45, 2.75) is 34.1 Å². The third kappa shape index (κ3) is 4.56. The molecular formula is C11H19ClN2. The summed E-state index contributed by atoms with van der Waals surface area (Å²) in [6, 6.07) is 0.300. The largest absolute Gasteiger partial charge is 0.274 e. The highest BCUT2D eigenvalue weighted by atomic mass is 35.5. The number of alkyl halides is 1. The fourth-order valence-corrected chi connectivity index (χ4v) is 1.15. The predicted molar refractivity (Wildman–Crippen MR) is 65.5 cm³/mol. The first kappa shape index (κ1) is 13.4. The highest BCUT2D eigenvalue weighted by molar-refractivity contribution is 6.18. The molecule has 2 nitrogen and oxygen atoms in total. The molecule has 0 N–H and O–H groups in total. The Balaban J connectivity index is 4.91. The minimum absolute atomic E-state index is 0.00397. The zero-order valence-corrected chi connectivity index (χ0v) is 10.2. The van der Waals surface area contributed by atoms with Crippen LogP contribution in [0.2, 0.25) is 0 Å². The maximum atomic E-state index is 5.55. The van der Waals surface area contributed by atoms with E-state index in [2.05, 4.69) is 37.5 Å². The van der Waals surface area contributed by atoms with Crippen LogP contribution in [0.15, 0.2) is 21.8 Å². The van der Waals surface area contributed by atoms with E-state index in [1.807, 2.05) is 13.0 Å². The van der Waals surface area contributed by atoms with E-state index in [1.54, 1.807) is 0 Å². The van der Waals surface area contributed by atoms with Gasteiger partial charge in [0.15, 0.2) is 0 Å². The van der Waals surface area contributed by atoms with Gasteiger partial charge in [-0.1, -0.05) is 27.7 Å². The Morgan fingerprint density at radius 2 is 2.00 bits per heavy atom. The van der Waals surface area contributed by atoms with Gasteiger partial charge < -0.3 is 0 Å². The number of hydrogen-bond acceptors (Lipinski definition) is 2. The molecular weight excluding hydrogens is 196 g/mol. The van der Waals surface area contributed by atoms with Gasteiger partial charge in [0.2, 0.25) is 0 Å². The number of halogens is 1. The Morgan fingerprint density at radius 1 is 1.43 bits per heavy atom. The fourth-order valence-electron chi connectivity index (χ4n) is 0.993. The second-order valence-corrected chi connectivity index (χ2v) is 4.30. The first-order valence-electron chi connectivity index (χ1n) is 4.73. The Hall–Kier alpha value is -0.630. The lowest BCUT2D eigenvalue weighted by Crippen LogP contribution is -2.09. The van der Waals surface area contributed by atoms with Crippen molar-refractivity contribution in [1.82, 2.24) is 0 Å². The van der Waals surface area contributed by atoms with Gasteiger partial charge in [-0.15, -0.1) is 11.6 Å². The Morgan fingerprint density at radius 3 is 2.29 bits per heavy atom. The van der Waals surface area contributed by atoms with Crippen molar-refractivity contribution in [3.8, 4) is 0 Å².